The lowest BCUT2D eigenvalue weighted by Crippen LogP contribution is -2.39. The Labute approximate surface area is 134 Å². The van der Waals surface area contributed by atoms with Crippen LogP contribution in [0.2, 0.25) is 0 Å². The van der Waals surface area contributed by atoms with Crippen molar-refractivity contribution in [3.05, 3.63) is 28.7 Å². The normalized spacial score (nSPS) is 12.2. The van der Waals surface area contributed by atoms with Gasteiger partial charge in [-0.05, 0) is 24.1 Å². The van der Waals surface area contributed by atoms with Crippen LogP contribution in [0.15, 0.2) is 28.7 Å². The number of rotatable bonds is 9. The number of ether oxygens (including phenoxy) is 1. The summed E-state index contributed by atoms with van der Waals surface area (Å²) < 4.78 is 6.39. The van der Waals surface area contributed by atoms with E-state index in [1.54, 1.807) is 0 Å². The lowest BCUT2D eigenvalue weighted by molar-refractivity contribution is -0.120. The van der Waals surface area contributed by atoms with Gasteiger partial charge in [-0.25, -0.2) is 0 Å². The van der Waals surface area contributed by atoms with Crippen LogP contribution in [-0.4, -0.2) is 43.4 Å². The minimum Gasteiger partial charge on any atom is -0.491 e. The highest BCUT2D eigenvalue weighted by atomic mass is 79.9. The minimum absolute atomic E-state index is 0.0659. The van der Waals surface area contributed by atoms with Crippen molar-refractivity contribution in [3.63, 3.8) is 0 Å². The lowest BCUT2D eigenvalue weighted by Gasteiger charge is -2.14. The van der Waals surface area contributed by atoms with E-state index in [0.29, 0.717) is 24.8 Å². The lowest BCUT2D eigenvalue weighted by atomic mass is 10.2. The van der Waals surface area contributed by atoms with Crippen LogP contribution in [0.1, 0.15) is 13.8 Å². The first-order valence-corrected chi connectivity index (χ1v) is 7.80. The van der Waals surface area contributed by atoms with Crippen LogP contribution in [0.3, 0.4) is 0 Å². The zero-order valence-corrected chi connectivity index (χ0v) is 14.0. The Morgan fingerprint density at radius 2 is 2.14 bits per heavy atom. The molecule has 0 radical (unpaired) electrons. The molecule has 0 aliphatic carbocycles. The third-order valence-electron chi connectivity index (χ3n) is 2.61. The predicted octanol–water partition coefficient (Wildman–Crippen LogP) is 1.55. The molecule has 0 saturated heterocycles. The highest BCUT2D eigenvalue weighted by molar-refractivity contribution is 9.10. The monoisotopic (exact) mass is 358 g/mol. The molecule has 1 aromatic carbocycles. The van der Waals surface area contributed by atoms with E-state index < -0.39 is 6.10 Å². The summed E-state index contributed by atoms with van der Waals surface area (Å²) >= 11 is 3.35. The number of aliphatic hydroxyl groups is 1. The molecule has 21 heavy (non-hydrogen) atoms. The highest BCUT2D eigenvalue weighted by Gasteiger charge is 2.07. The topological polar surface area (TPSA) is 70.6 Å². The van der Waals surface area contributed by atoms with Gasteiger partial charge in [0.05, 0.1) is 6.54 Å². The quantitative estimate of drug-likeness (QED) is 0.626. The van der Waals surface area contributed by atoms with Crippen LogP contribution in [-0.2, 0) is 4.79 Å². The summed E-state index contributed by atoms with van der Waals surface area (Å²) in [4.78, 5) is 11.5. The average Bonchev–Trinajstić information content (AvgIpc) is 2.43. The van der Waals surface area contributed by atoms with E-state index in [1.165, 1.54) is 0 Å². The van der Waals surface area contributed by atoms with Crippen molar-refractivity contribution in [2.45, 2.75) is 20.0 Å². The van der Waals surface area contributed by atoms with Gasteiger partial charge >= 0.3 is 0 Å². The Bertz CT molecular complexity index is 441. The summed E-state index contributed by atoms with van der Waals surface area (Å²) in [6.07, 6.45) is -0.665. The van der Waals surface area contributed by atoms with Gasteiger partial charge in [0.25, 0.3) is 0 Å². The van der Waals surface area contributed by atoms with Crippen LogP contribution in [0.4, 0.5) is 0 Å². The van der Waals surface area contributed by atoms with Crippen LogP contribution >= 0.6 is 15.9 Å². The van der Waals surface area contributed by atoms with Gasteiger partial charge in [-0.15, -0.1) is 0 Å². The Morgan fingerprint density at radius 1 is 1.38 bits per heavy atom. The van der Waals surface area contributed by atoms with Gasteiger partial charge in [-0.3, -0.25) is 4.79 Å². The molecule has 3 N–H and O–H groups in total. The van der Waals surface area contributed by atoms with E-state index in [0.717, 1.165) is 4.47 Å². The van der Waals surface area contributed by atoms with Crippen molar-refractivity contribution in [2.75, 3.05) is 26.2 Å². The first-order chi connectivity index (χ1) is 9.97. The summed E-state index contributed by atoms with van der Waals surface area (Å²) in [7, 11) is 0. The van der Waals surface area contributed by atoms with Crippen molar-refractivity contribution in [1.82, 2.24) is 10.6 Å². The number of amides is 1. The van der Waals surface area contributed by atoms with Crippen molar-refractivity contribution < 1.29 is 14.6 Å². The number of hydrogen-bond acceptors (Lipinski definition) is 4. The van der Waals surface area contributed by atoms with Crippen molar-refractivity contribution in [3.8, 4) is 5.75 Å². The standard InChI is InChI=1S/C15H23BrN2O3/c1-11(2)7-18-15(20)9-17-8-13(19)10-21-14-5-3-4-12(16)6-14/h3-6,11,13,17,19H,7-10H2,1-2H3,(H,18,20). The molecule has 0 aliphatic rings. The Kier molecular flexibility index (Phi) is 8.34. The fraction of sp³-hybridized carbons (Fsp3) is 0.533. The molecule has 0 spiro atoms. The zero-order chi connectivity index (χ0) is 15.7. The third-order valence-corrected chi connectivity index (χ3v) is 3.10. The van der Waals surface area contributed by atoms with Crippen molar-refractivity contribution in [1.29, 1.82) is 0 Å². The van der Waals surface area contributed by atoms with Gasteiger partial charge < -0.3 is 20.5 Å². The number of halogens is 1. The smallest absolute Gasteiger partial charge is 0.233 e. The second-order valence-electron chi connectivity index (χ2n) is 5.25. The summed E-state index contributed by atoms with van der Waals surface area (Å²) in [6, 6.07) is 7.42. The maximum atomic E-state index is 11.5. The predicted molar refractivity (Wildman–Crippen MR) is 86.4 cm³/mol. The van der Waals surface area contributed by atoms with Gasteiger partial charge in [0, 0.05) is 17.6 Å². The SMILES string of the molecule is CC(C)CNC(=O)CNCC(O)COc1cccc(Br)c1. The fourth-order valence-corrected chi connectivity index (χ4v) is 1.92. The molecule has 0 bridgehead atoms. The maximum Gasteiger partial charge on any atom is 0.233 e. The summed E-state index contributed by atoms with van der Waals surface area (Å²) in [5.41, 5.74) is 0. The number of hydrogen-bond donors (Lipinski definition) is 3. The Morgan fingerprint density at radius 3 is 2.81 bits per heavy atom. The molecular formula is C15H23BrN2O3. The summed E-state index contributed by atoms with van der Waals surface area (Å²) in [5, 5.41) is 15.5. The second-order valence-corrected chi connectivity index (χ2v) is 6.17. The number of benzene rings is 1. The first kappa shape index (κ1) is 17.9. The van der Waals surface area contributed by atoms with Crippen LogP contribution in [0, 0.1) is 5.92 Å². The van der Waals surface area contributed by atoms with E-state index in [2.05, 4.69) is 26.6 Å². The minimum atomic E-state index is -0.665. The molecule has 0 saturated carbocycles. The van der Waals surface area contributed by atoms with E-state index in [4.69, 9.17) is 4.74 Å². The molecule has 6 heteroatoms. The number of nitrogens with one attached hydrogen (secondary N) is 2. The Hall–Kier alpha value is -1.11. The number of carbonyl (C=O) groups is 1. The molecule has 0 fully saturated rings. The van der Waals surface area contributed by atoms with Crippen LogP contribution in [0.25, 0.3) is 0 Å². The molecule has 1 rings (SSSR count). The molecule has 0 aromatic heterocycles. The zero-order valence-electron chi connectivity index (χ0n) is 12.4. The largest absolute Gasteiger partial charge is 0.491 e. The van der Waals surface area contributed by atoms with E-state index in [1.807, 2.05) is 38.1 Å². The molecule has 1 unspecified atom stereocenters. The fourth-order valence-electron chi connectivity index (χ4n) is 1.54. The Balaban J connectivity index is 2.14. The van der Waals surface area contributed by atoms with Crippen LogP contribution in [0.5, 0.6) is 5.75 Å². The van der Waals surface area contributed by atoms with Crippen LogP contribution < -0.4 is 15.4 Å². The van der Waals surface area contributed by atoms with Gasteiger partial charge in [-0.1, -0.05) is 35.8 Å². The highest BCUT2D eigenvalue weighted by Crippen LogP contribution is 2.17. The van der Waals surface area contributed by atoms with Gasteiger partial charge in [0.2, 0.25) is 5.91 Å². The van der Waals surface area contributed by atoms with Gasteiger partial charge in [-0.2, -0.15) is 0 Å². The number of aliphatic hydroxyl groups excluding tert-OH is 1. The van der Waals surface area contributed by atoms with E-state index in [9.17, 15) is 9.90 Å². The molecule has 5 nitrogen and oxygen atoms in total. The average molecular weight is 359 g/mol. The second kappa shape index (κ2) is 9.76. The molecular weight excluding hydrogens is 336 g/mol. The molecule has 0 heterocycles. The van der Waals surface area contributed by atoms with Gasteiger partial charge in [0.15, 0.2) is 0 Å². The molecule has 1 atom stereocenters. The maximum absolute atomic E-state index is 11.5. The first-order valence-electron chi connectivity index (χ1n) is 7.01. The molecule has 1 amide bonds. The van der Waals surface area contributed by atoms with E-state index in [-0.39, 0.29) is 19.1 Å². The summed E-state index contributed by atoms with van der Waals surface area (Å²) in [5.74, 6) is 1.06. The van der Waals surface area contributed by atoms with Crippen molar-refractivity contribution >= 4 is 21.8 Å². The van der Waals surface area contributed by atoms with E-state index >= 15 is 0 Å². The molecule has 1 aromatic rings. The van der Waals surface area contributed by atoms with Crippen molar-refractivity contribution in [2.24, 2.45) is 5.92 Å². The molecule has 118 valence electrons. The molecule has 0 aliphatic heterocycles. The number of carbonyl (C=O) groups excluding carboxylic acids is 1. The van der Waals surface area contributed by atoms with Gasteiger partial charge in [0.1, 0.15) is 18.5 Å². The third kappa shape index (κ3) is 8.70. The summed E-state index contributed by atoms with van der Waals surface area (Å²) in [6.45, 7) is 5.42.